The van der Waals surface area contributed by atoms with Crippen LogP contribution in [0.4, 0.5) is 0 Å². The van der Waals surface area contributed by atoms with Gasteiger partial charge in [0.2, 0.25) is 5.91 Å². The molecule has 7 rings (SSSR count). The third-order valence-electron chi connectivity index (χ3n) is 8.33. The summed E-state index contributed by atoms with van der Waals surface area (Å²) in [6, 6.07) is 8.23. The molecule has 164 valence electrons. The molecule has 1 aliphatic heterocycles. The second-order valence-electron chi connectivity index (χ2n) is 10.1. The van der Waals surface area contributed by atoms with E-state index in [2.05, 4.69) is 25.7 Å². The largest absolute Gasteiger partial charge is 0.351 e. The van der Waals surface area contributed by atoms with Crippen LogP contribution < -0.4 is 5.32 Å². The Labute approximate surface area is 187 Å². The van der Waals surface area contributed by atoms with Crippen molar-refractivity contribution in [1.82, 2.24) is 30.4 Å². The topological polar surface area (TPSA) is 75.9 Å². The Hall–Kier alpha value is -1.99. The molecule has 2 heterocycles. The number of halogens is 1. The number of amides is 1. The van der Waals surface area contributed by atoms with E-state index >= 15 is 0 Å². The zero-order valence-electron chi connectivity index (χ0n) is 17.6. The molecule has 0 unspecified atom stereocenters. The first kappa shape index (κ1) is 19.7. The number of carbonyl (C=O) groups is 1. The van der Waals surface area contributed by atoms with E-state index in [0.29, 0.717) is 17.6 Å². The molecule has 1 amide bonds. The molecule has 1 aromatic heterocycles. The van der Waals surface area contributed by atoms with Crippen LogP contribution in [0.1, 0.15) is 50.1 Å². The van der Waals surface area contributed by atoms with Gasteiger partial charge in [0.05, 0.1) is 12.1 Å². The van der Waals surface area contributed by atoms with Gasteiger partial charge in [-0.2, -0.15) is 0 Å². The fourth-order valence-corrected chi connectivity index (χ4v) is 7.54. The van der Waals surface area contributed by atoms with Gasteiger partial charge < -0.3 is 5.32 Å². The first-order chi connectivity index (χ1) is 15.2. The highest BCUT2D eigenvalue weighted by molar-refractivity contribution is 6.31. The summed E-state index contributed by atoms with van der Waals surface area (Å²) in [7, 11) is 0. The van der Waals surface area contributed by atoms with Crippen LogP contribution in [0.15, 0.2) is 30.6 Å². The molecule has 0 radical (unpaired) electrons. The average Bonchev–Trinajstić information content (AvgIpc) is 3.42. The minimum Gasteiger partial charge on any atom is -0.351 e. The Morgan fingerprint density at radius 3 is 2.48 bits per heavy atom. The molecule has 8 heteroatoms. The fourth-order valence-electron chi connectivity index (χ4n) is 7.33. The summed E-state index contributed by atoms with van der Waals surface area (Å²) >= 11 is 6.30. The standard InChI is InChI=1S/C23H29ClN6O/c24-20-4-2-1-3-16(20)11-25-23(31)21-10-19(30-13-26-27-28-30)12-29(21)22-17-6-14-5-15(8-17)9-18(22)7-14/h1-4,13-15,17-19,21-22H,5-12H2,(H,25,31)/t14?,15?,17?,18?,19-,21-,22?/m0/s1. The predicted molar refractivity (Wildman–Crippen MR) is 116 cm³/mol. The van der Waals surface area contributed by atoms with Gasteiger partial charge in [-0.05, 0) is 84.3 Å². The lowest BCUT2D eigenvalue weighted by Crippen LogP contribution is -2.59. The third kappa shape index (κ3) is 3.55. The molecule has 1 saturated heterocycles. The van der Waals surface area contributed by atoms with E-state index in [0.717, 1.165) is 42.2 Å². The number of tetrazole rings is 1. The second kappa shape index (κ2) is 7.85. The molecule has 7 nitrogen and oxygen atoms in total. The molecule has 4 saturated carbocycles. The fraction of sp³-hybridized carbons (Fsp3) is 0.652. The maximum Gasteiger partial charge on any atom is 0.237 e. The Bertz CT molecular complexity index is 921. The van der Waals surface area contributed by atoms with Crippen LogP contribution in [0.2, 0.25) is 5.02 Å². The number of hydrogen-bond donors (Lipinski definition) is 1. The lowest BCUT2D eigenvalue weighted by atomic mass is 9.54. The summed E-state index contributed by atoms with van der Waals surface area (Å²) in [4.78, 5) is 16.0. The van der Waals surface area contributed by atoms with Gasteiger partial charge in [0.1, 0.15) is 6.33 Å². The Balaban J connectivity index is 1.23. The van der Waals surface area contributed by atoms with Crippen LogP contribution in [-0.2, 0) is 11.3 Å². The van der Waals surface area contributed by atoms with Crippen LogP contribution in [0, 0.1) is 23.7 Å². The van der Waals surface area contributed by atoms with Crippen molar-refractivity contribution < 1.29 is 4.79 Å². The van der Waals surface area contributed by atoms with Crippen molar-refractivity contribution in [3.63, 3.8) is 0 Å². The first-order valence-corrected chi connectivity index (χ1v) is 12.0. The van der Waals surface area contributed by atoms with Crippen LogP contribution >= 0.6 is 11.6 Å². The summed E-state index contributed by atoms with van der Waals surface area (Å²) in [5.41, 5.74) is 0.953. The predicted octanol–water partition coefficient (Wildman–Crippen LogP) is 3.08. The van der Waals surface area contributed by atoms with E-state index in [9.17, 15) is 4.79 Å². The molecule has 2 atom stereocenters. The second-order valence-corrected chi connectivity index (χ2v) is 10.5. The first-order valence-electron chi connectivity index (χ1n) is 11.6. The molecular weight excluding hydrogens is 412 g/mol. The van der Waals surface area contributed by atoms with Gasteiger partial charge in [0.25, 0.3) is 0 Å². The lowest BCUT2D eigenvalue weighted by Gasteiger charge is -2.57. The van der Waals surface area contributed by atoms with Crippen LogP contribution in [0.25, 0.3) is 0 Å². The summed E-state index contributed by atoms with van der Waals surface area (Å²) in [5.74, 6) is 3.42. The van der Waals surface area contributed by atoms with Crippen molar-refractivity contribution in [2.45, 2.75) is 63.2 Å². The molecule has 2 aromatic rings. The van der Waals surface area contributed by atoms with Crippen molar-refractivity contribution in [1.29, 1.82) is 0 Å². The van der Waals surface area contributed by atoms with E-state index in [4.69, 9.17) is 11.6 Å². The van der Waals surface area contributed by atoms with Crippen molar-refractivity contribution in [2.24, 2.45) is 23.7 Å². The van der Waals surface area contributed by atoms with Gasteiger partial charge in [0.15, 0.2) is 0 Å². The SMILES string of the molecule is O=C(NCc1ccccc1Cl)[C@@H]1C[C@H](n2cnnn2)CN1C1C2CC3CC(C2)CC1C3. The van der Waals surface area contributed by atoms with Crippen molar-refractivity contribution in [2.75, 3.05) is 6.54 Å². The minimum atomic E-state index is -0.140. The van der Waals surface area contributed by atoms with Gasteiger partial charge in [-0.1, -0.05) is 29.8 Å². The zero-order valence-corrected chi connectivity index (χ0v) is 18.4. The monoisotopic (exact) mass is 440 g/mol. The van der Waals surface area contributed by atoms with Gasteiger partial charge in [-0.3, -0.25) is 9.69 Å². The Kier molecular flexibility index (Phi) is 4.98. The zero-order chi connectivity index (χ0) is 20.9. The van der Waals surface area contributed by atoms with Crippen molar-refractivity contribution in [3.05, 3.63) is 41.2 Å². The van der Waals surface area contributed by atoms with Crippen molar-refractivity contribution in [3.8, 4) is 0 Å². The van der Waals surface area contributed by atoms with Crippen LogP contribution in [-0.4, -0.2) is 49.6 Å². The van der Waals surface area contributed by atoms with E-state index in [-0.39, 0.29) is 18.0 Å². The van der Waals surface area contributed by atoms with Crippen molar-refractivity contribution >= 4 is 17.5 Å². The van der Waals surface area contributed by atoms with Gasteiger partial charge in [-0.25, -0.2) is 4.68 Å². The molecule has 4 bridgehead atoms. The molecule has 5 fully saturated rings. The van der Waals surface area contributed by atoms with E-state index < -0.39 is 0 Å². The smallest absolute Gasteiger partial charge is 0.237 e. The number of nitrogens with zero attached hydrogens (tertiary/aromatic N) is 5. The molecule has 5 aliphatic rings. The van der Waals surface area contributed by atoms with Crippen LogP contribution in [0.5, 0.6) is 0 Å². The number of rotatable bonds is 5. The highest BCUT2D eigenvalue weighted by atomic mass is 35.5. The number of hydrogen-bond acceptors (Lipinski definition) is 5. The van der Waals surface area contributed by atoms with Gasteiger partial charge in [0, 0.05) is 24.2 Å². The maximum atomic E-state index is 13.4. The van der Waals surface area contributed by atoms with E-state index in [1.165, 1.54) is 32.1 Å². The normalized spacial score (nSPS) is 36.7. The number of carbonyl (C=O) groups excluding carboxylic acids is 1. The summed E-state index contributed by atoms with van der Waals surface area (Å²) in [6.07, 6.45) is 9.26. The molecule has 4 aliphatic carbocycles. The quantitative estimate of drug-likeness (QED) is 0.773. The number of nitrogens with one attached hydrogen (secondary N) is 1. The Morgan fingerprint density at radius 2 is 1.81 bits per heavy atom. The minimum absolute atomic E-state index is 0.101. The molecule has 1 N–H and O–H groups in total. The number of benzene rings is 1. The molecular formula is C23H29ClN6O. The average molecular weight is 441 g/mol. The van der Waals surface area contributed by atoms with Gasteiger partial charge in [-0.15, -0.1) is 5.10 Å². The maximum absolute atomic E-state index is 13.4. The lowest BCUT2D eigenvalue weighted by molar-refractivity contribution is -0.130. The summed E-state index contributed by atoms with van der Waals surface area (Å²) in [5, 5.41) is 15.7. The Morgan fingerprint density at radius 1 is 1.06 bits per heavy atom. The molecule has 31 heavy (non-hydrogen) atoms. The highest BCUT2D eigenvalue weighted by Gasteiger charge is 2.53. The molecule has 1 aromatic carbocycles. The van der Waals surface area contributed by atoms with E-state index in [1.54, 1.807) is 6.33 Å². The summed E-state index contributed by atoms with van der Waals surface area (Å²) in [6.45, 7) is 1.31. The molecule has 0 spiro atoms. The highest BCUT2D eigenvalue weighted by Crippen LogP contribution is 2.56. The number of aromatic nitrogens is 4. The third-order valence-corrected chi connectivity index (χ3v) is 8.70. The summed E-state index contributed by atoms with van der Waals surface area (Å²) < 4.78 is 1.84. The van der Waals surface area contributed by atoms with Gasteiger partial charge >= 0.3 is 0 Å². The van der Waals surface area contributed by atoms with E-state index in [1.807, 2.05) is 28.9 Å². The van der Waals surface area contributed by atoms with Crippen LogP contribution in [0.3, 0.4) is 0 Å². The number of likely N-dealkylation sites (tertiary alicyclic amines) is 1.